The molecule has 1 N–H and O–H groups in total. The molecule has 0 bridgehead atoms. The van der Waals surface area contributed by atoms with Gasteiger partial charge in [-0.25, -0.2) is 4.79 Å². The van der Waals surface area contributed by atoms with E-state index in [1.165, 1.54) is 7.11 Å². The van der Waals surface area contributed by atoms with Crippen molar-refractivity contribution in [2.24, 2.45) is 0 Å². The van der Waals surface area contributed by atoms with Crippen LogP contribution in [-0.2, 0) is 16.1 Å². The van der Waals surface area contributed by atoms with Crippen molar-refractivity contribution in [2.45, 2.75) is 6.54 Å². The van der Waals surface area contributed by atoms with Gasteiger partial charge in [0.25, 0.3) is 0 Å². The lowest BCUT2D eigenvalue weighted by atomic mass is 10.2. The van der Waals surface area contributed by atoms with E-state index in [2.05, 4.69) is 5.32 Å². The average Bonchev–Trinajstić information content (AvgIpc) is 2.99. The van der Waals surface area contributed by atoms with Gasteiger partial charge in [-0.05, 0) is 31.3 Å². The maximum absolute atomic E-state index is 12.1. The van der Waals surface area contributed by atoms with Crippen molar-refractivity contribution < 1.29 is 18.7 Å². The number of para-hydroxylation sites is 1. The molecule has 1 aromatic heterocycles. The van der Waals surface area contributed by atoms with E-state index in [1.807, 2.05) is 18.0 Å². The number of likely N-dealkylation sites (N-methyl/N-ethyl adjacent to an activating group) is 1. The largest absolute Gasteiger partial charge is 0.468 e. The zero-order valence-electron chi connectivity index (χ0n) is 12.5. The number of hydrogen-bond donors (Lipinski definition) is 1. The Morgan fingerprint density at radius 3 is 2.68 bits per heavy atom. The summed E-state index contributed by atoms with van der Waals surface area (Å²) >= 11 is 0. The molecule has 1 heterocycles. The van der Waals surface area contributed by atoms with Crippen LogP contribution in [0.15, 0.2) is 47.1 Å². The van der Waals surface area contributed by atoms with Gasteiger partial charge in [0.05, 0.1) is 37.7 Å². The highest BCUT2D eigenvalue weighted by atomic mass is 16.5. The first-order valence-corrected chi connectivity index (χ1v) is 6.78. The molecule has 0 unspecified atom stereocenters. The third-order valence-electron chi connectivity index (χ3n) is 3.03. The summed E-state index contributed by atoms with van der Waals surface area (Å²) in [5.41, 5.74) is 0.762. The number of benzene rings is 1. The highest BCUT2D eigenvalue weighted by Crippen LogP contribution is 2.16. The highest BCUT2D eigenvalue weighted by Gasteiger charge is 2.14. The van der Waals surface area contributed by atoms with Gasteiger partial charge in [-0.15, -0.1) is 0 Å². The second-order valence-corrected chi connectivity index (χ2v) is 4.84. The summed E-state index contributed by atoms with van der Waals surface area (Å²) in [6.07, 6.45) is 1.59. The van der Waals surface area contributed by atoms with E-state index in [1.54, 1.807) is 36.6 Å². The molecule has 0 aliphatic heterocycles. The molecule has 0 radical (unpaired) electrons. The third kappa shape index (κ3) is 4.20. The number of anilines is 1. The molecule has 0 atom stereocenters. The molecule has 0 aliphatic rings. The van der Waals surface area contributed by atoms with Crippen LogP contribution in [-0.4, -0.2) is 37.5 Å². The van der Waals surface area contributed by atoms with Gasteiger partial charge < -0.3 is 14.5 Å². The predicted molar refractivity (Wildman–Crippen MR) is 81.5 cm³/mol. The van der Waals surface area contributed by atoms with Gasteiger partial charge in [0.15, 0.2) is 0 Å². The Balaban J connectivity index is 1.96. The summed E-state index contributed by atoms with van der Waals surface area (Å²) in [6, 6.07) is 10.4. The predicted octanol–water partition coefficient (Wildman–Crippen LogP) is 2.14. The number of nitrogens with one attached hydrogen (secondary N) is 1. The van der Waals surface area contributed by atoms with Crippen LogP contribution in [0, 0.1) is 0 Å². The van der Waals surface area contributed by atoms with Crippen molar-refractivity contribution in [3.63, 3.8) is 0 Å². The van der Waals surface area contributed by atoms with E-state index in [9.17, 15) is 9.59 Å². The van der Waals surface area contributed by atoms with E-state index < -0.39 is 5.97 Å². The molecular weight excluding hydrogens is 284 g/mol. The van der Waals surface area contributed by atoms with Gasteiger partial charge in [-0.3, -0.25) is 9.69 Å². The molecule has 6 nitrogen and oxygen atoms in total. The van der Waals surface area contributed by atoms with Gasteiger partial charge in [-0.2, -0.15) is 0 Å². The zero-order valence-corrected chi connectivity index (χ0v) is 12.5. The van der Waals surface area contributed by atoms with Gasteiger partial charge in [-0.1, -0.05) is 12.1 Å². The van der Waals surface area contributed by atoms with Crippen LogP contribution in [0.25, 0.3) is 0 Å². The molecule has 0 spiro atoms. The number of nitrogens with zero attached hydrogens (tertiary/aromatic N) is 1. The number of hydrogen-bond acceptors (Lipinski definition) is 5. The quantitative estimate of drug-likeness (QED) is 0.828. The number of rotatable bonds is 6. The fraction of sp³-hybridized carbons (Fsp3) is 0.250. The first-order valence-electron chi connectivity index (χ1n) is 6.78. The Morgan fingerprint density at radius 2 is 2.00 bits per heavy atom. The lowest BCUT2D eigenvalue weighted by Gasteiger charge is -2.15. The van der Waals surface area contributed by atoms with Crippen molar-refractivity contribution in [1.82, 2.24) is 4.90 Å². The van der Waals surface area contributed by atoms with Crippen molar-refractivity contribution in [1.29, 1.82) is 0 Å². The monoisotopic (exact) mass is 302 g/mol. The Bertz CT molecular complexity index is 637. The Morgan fingerprint density at radius 1 is 1.23 bits per heavy atom. The molecule has 0 saturated heterocycles. The van der Waals surface area contributed by atoms with Crippen molar-refractivity contribution in [2.75, 3.05) is 26.0 Å². The highest BCUT2D eigenvalue weighted by molar-refractivity contribution is 6.01. The molecule has 22 heavy (non-hydrogen) atoms. The van der Waals surface area contributed by atoms with E-state index in [4.69, 9.17) is 9.15 Å². The fourth-order valence-corrected chi connectivity index (χ4v) is 2.04. The topological polar surface area (TPSA) is 71.8 Å². The van der Waals surface area contributed by atoms with Gasteiger partial charge >= 0.3 is 5.97 Å². The summed E-state index contributed by atoms with van der Waals surface area (Å²) in [5.74, 6) is 0.0792. The van der Waals surface area contributed by atoms with Crippen molar-refractivity contribution >= 4 is 17.6 Å². The number of carbonyl (C=O) groups is 2. The number of ether oxygens (including phenoxy) is 1. The van der Waals surface area contributed by atoms with Crippen LogP contribution in [0.2, 0.25) is 0 Å². The molecule has 6 heteroatoms. The number of amides is 1. The Labute approximate surface area is 128 Å². The van der Waals surface area contributed by atoms with Crippen LogP contribution in [0.4, 0.5) is 5.69 Å². The minimum absolute atomic E-state index is 0.177. The number of methoxy groups -OCH3 is 1. The van der Waals surface area contributed by atoms with Gasteiger partial charge in [0, 0.05) is 0 Å². The first kappa shape index (κ1) is 15.8. The minimum atomic E-state index is -0.486. The molecule has 0 fully saturated rings. The Hall–Kier alpha value is -2.60. The number of carbonyl (C=O) groups excluding carboxylic acids is 2. The molecule has 1 amide bonds. The van der Waals surface area contributed by atoms with Crippen molar-refractivity contribution in [3.05, 3.63) is 54.0 Å². The second kappa shape index (κ2) is 7.42. The minimum Gasteiger partial charge on any atom is -0.468 e. The second-order valence-electron chi connectivity index (χ2n) is 4.84. The van der Waals surface area contributed by atoms with Crippen LogP contribution in [0.3, 0.4) is 0 Å². The Kier molecular flexibility index (Phi) is 5.32. The number of furan rings is 1. The van der Waals surface area contributed by atoms with Crippen LogP contribution >= 0.6 is 0 Å². The standard InChI is InChI=1S/C16H18N2O4/c1-18(10-12-6-5-9-22-12)11-15(19)17-14-8-4-3-7-13(14)16(20)21-2/h3-9H,10-11H2,1-2H3,(H,17,19). The number of esters is 1. The molecule has 0 saturated carbocycles. The molecule has 116 valence electrons. The summed E-state index contributed by atoms with van der Waals surface area (Å²) in [7, 11) is 3.12. The molecular formula is C16H18N2O4. The SMILES string of the molecule is COC(=O)c1ccccc1NC(=O)CN(C)Cc1ccco1. The van der Waals surface area contributed by atoms with E-state index >= 15 is 0 Å². The van der Waals surface area contributed by atoms with E-state index in [0.717, 1.165) is 5.76 Å². The van der Waals surface area contributed by atoms with Gasteiger partial charge in [0.1, 0.15) is 5.76 Å². The molecule has 2 aromatic rings. The van der Waals surface area contributed by atoms with E-state index in [0.29, 0.717) is 17.8 Å². The fourth-order valence-electron chi connectivity index (χ4n) is 2.04. The van der Waals surface area contributed by atoms with E-state index in [-0.39, 0.29) is 12.5 Å². The zero-order chi connectivity index (χ0) is 15.9. The normalized spacial score (nSPS) is 10.5. The van der Waals surface area contributed by atoms with Crippen molar-refractivity contribution in [3.8, 4) is 0 Å². The summed E-state index contributed by atoms with van der Waals surface area (Å²) in [5, 5.41) is 2.72. The molecule has 2 rings (SSSR count). The smallest absolute Gasteiger partial charge is 0.339 e. The summed E-state index contributed by atoms with van der Waals surface area (Å²) < 4.78 is 9.93. The van der Waals surface area contributed by atoms with Crippen LogP contribution in [0.5, 0.6) is 0 Å². The lowest BCUT2D eigenvalue weighted by molar-refractivity contribution is -0.117. The van der Waals surface area contributed by atoms with Gasteiger partial charge in [0.2, 0.25) is 5.91 Å². The molecule has 0 aliphatic carbocycles. The van der Waals surface area contributed by atoms with Crippen LogP contribution < -0.4 is 5.32 Å². The first-order chi connectivity index (χ1) is 10.6. The van der Waals surface area contributed by atoms with Crippen LogP contribution in [0.1, 0.15) is 16.1 Å². The summed E-state index contributed by atoms with van der Waals surface area (Å²) in [6.45, 7) is 0.704. The lowest BCUT2D eigenvalue weighted by Crippen LogP contribution is -2.30. The average molecular weight is 302 g/mol. The third-order valence-corrected chi connectivity index (χ3v) is 3.03. The maximum Gasteiger partial charge on any atom is 0.339 e. The maximum atomic E-state index is 12.1. The molecule has 1 aromatic carbocycles. The summed E-state index contributed by atoms with van der Waals surface area (Å²) in [4.78, 5) is 25.5.